The Kier molecular flexibility index (Phi) is 4.83. The minimum absolute atomic E-state index is 0.189. The molecule has 0 aliphatic rings. The van der Waals surface area contributed by atoms with Gasteiger partial charge in [-0.2, -0.15) is 0 Å². The normalized spacial score (nSPS) is 12.2. The summed E-state index contributed by atoms with van der Waals surface area (Å²) in [6.45, 7) is 3.38. The molecule has 1 atom stereocenters. The van der Waals surface area contributed by atoms with Crippen LogP contribution in [0.5, 0.6) is 0 Å². The van der Waals surface area contributed by atoms with Gasteiger partial charge in [0.05, 0.1) is 12.5 Å². The molecule has 0 saturated heterocycles. The van der Waals surface area contributed by atoms with Gasteiger partial charge < -0.3 is 10.4 Å². The van der Waals surface area contributed by atoms with E-state index in [4.69, 9.17) is 5.11 Å². The van der Waals surface area contributed by atoms with Crippen LogP contribution in [0.25, 0.3) is 0 Å². The van der Waals surface area contributed by atoms with E-state index in [9.17, 15) is 14.0 Å². The van der Waals surface area contributed by atoms with E-state index in [1.165, 1.54) is 18.2 Å². The van der Waals surface area contributed by atoms with E-state index in [2.05, 4.69) is 5.32 Å². The zero-order valence-corrected chi connectivity index (χ0v) is 10.3. The molecule has 1 aromatic rings. The van der Waals surface area contributed by atoms with Crippen LogP contribution >= 0.6 is 0 Å². The van der Waals surface area contributed by atoms with E-state index < -0.39 is 17.8 Å². The third-order valence-corrected chi connectivity index (χ3v) is 2.50. The molecule has 1 aromatic carbocycles. The molecule has 0 fully saturated rings. The molecule has 1 rings (SSSR count). The van der Waals surface area contributed by atoms with Gasteiger partial charge in [0, 0.05) is 11.5 Å². The van der Waals surface area contributed by atoms with Gasteiger partial charge in [-0.3, -0.25) is 9.59 Å². The maximum absolute atomic E-state index is 13.6. The Morgan fingerprint density at radius 2 is 1.94 bits per heavy atom. The van der Waals surface area contributed by atoms with Crippen LogP contribution in [-0.2, 0) is 9.59 Å². The summed E-state index contributed by atoms with van der Waals surface area (Å²) in [5.74, 6) is -2.20. The van der Waals surface area contributed by atoms with Crippen molar-refractivity contribution >= 4 is 11.9 Å². The van der Waals surface area contributed by atoms with Crippen LogP contribution in [0, 0.1) is 11.7 Å². The lowest BCUT2D eigenvalue weighted by Gasteiger charge is -2.19. The Labute approximate surface area is 105 Å². The number of aliphatic carboxylic acids is 1. The summed E-state index contributed by atoms with van der Waals surface area (Å²) in [6.07, 6.45) is -0.348. The van der Waals surface area contributed by atoms with Crippen LogP contribution in [-0.4, -0.2) is 17.0 Å². The van der Waals surface area contributed by atoms with Gasteiger partial charge >= 0.3 is 5.97 Å². The molecule has 1 unspecified atom stereocenters. The van der Waals surface area contributed by atoms with Gasteiger partial charge in [0.2, 0.25) is 5.91 Å². The molecule has 0 heterocycles. The second-order valence-electron chi connectivity index (χ2n) is 4.34. The summed E-state index contributed by atoms with van der Waals surface area (Å²) in [5, 5.41) is 11.4. The fourth-order valence-electron chi connectivity index (χ4n) is 1.51. The minimum atomic E-state index is -1.09. The number of carboxylic acids is 1. The number of rotatable bonds is 5. The molecule has 4 nitrogen and oxygen atoms in total. The first kappa shape index (κ1) is 14.2. The van der Waals surface area contributed by atoms with E-state index in [-0.39, 0.29) is 23.8 Å². The Morgan fingerprint density at radius 3 is 2.44 bits per heavy atom. The lowest BCUT2D eigenvalue weighted by atomic mass is 10.0. The molecule has 98 valence electrons. The van der Waals surface area contributed by atoms with Crippen molar-refractivity contribution in [2.45, 2.75) is 26.3 Å². The molecule has 0 saturated carbocycles. The summed E-state index contributed by atoms with van der Waals surface area (Å²) in [7, 11) is 0. The van der Waals surface area contributed by atoms with Crippen LogP contribution in [0.3, 0.4) is 0 Å². The Morgan fingerprint density at radius 1 is 1.33 bits per heavy atom. The molecule has 1 amide bonds. The van der Waals surface area contributed by atoms with Crippen molar-refractivity contribution in [1.82, 2.24) is 5.32 Å². The molecule has 18 heavy (non-hydrogen) atoms. The smallest absolute Gasteiger partial charge is 0.305 e. The Bertz CT molecular complexity index is 446. The first-order chi connectivity index (χ1) is 8.41. The predicted molar refractivity (Wildman–Crippen MR) is 64.4 cm³/mol. The van der Waals surface area contributed by atoms with Crippen LogP contribution in [0.4, 0.5) is 4.39 Å². The second-order valence-corrected chi connectivity index (χ2v) is 4.34. The number of amides is 1. The average Bonchev–Trinajstić information content (AvgIpc) is 2.28. The highest BCUT2D eigenvalue weighted by Gasteiger charge is 2.21. The Balaban J connectivity index is 2.95. The van der Waals surface area contributed by atoms with Crippen LogP contribution in [0.1, 0.15) is 31.9 Å². The van der Waals surface area contributed by atoms with Crippen molar-refractivity contribution < 1.29 is 19.1 Å². The van der Waals surface area contributed by atoms with E-state index in [1.54, 1.807) is 19.9 Å². The molecule has 0 aliphatic carbocycles. The van der Waals surface area contributed by atoms with Gasteiger partial charge in [0.15, 0.2) is 0 Å². The lowest BCUT2D eigenvalue weighted by Crippen LogP contribution is -2.33. The van der Waals surface area contributed by atoms with Crippen molar-refractivity contribution in [2.24, 2.45) is 5.92 Å². The monoisotopic (exact) mass is 253 g/mol. The summed E-state index contributed by atoms with van der Waals surface area (Å²) >= 11 is 0. The van der Waals surface area contributed by atoms with Crippen molar-refractivity contribution in [2.75, 3.05) is 0 Å². The second kappa shape index (κ2) is 6.14. The number of hydrogen-bond donors (Lipinski definition) is 2. The highest BCUT2D eigenvalue weighted by Crippen LogP contribution is 2.20. The third-order valence-electron chi connectivity index (χ3n) is 2.50. The van der Waals surface area contributed by atoms with Gasteiger partial charge in [0.25, 0.3) is 0 Å². The molecule has 0 radical (unpaired) electrons. The standard InChI is InChI=1S/C13H16FNO3/c1-8(2)13(18)15-11(7-12(16)17)9-5-3-4-6-10(9)14/h3-6,8,11H,7H2,1-2H3,(H,15,18)(H,16,17). The summed E-state index contributed by atoms with van der Waals surface area (Å²) < 4.78 is 13.6. The first-order valence-corrected chi connectivity index (χ1v) is 5.68. The average molecular weight is 253 g/mol. The molecule has 0 aliphatic heterocycles. The van der Waals surface area contributed by atoms with E-state index in [0.29, 0.717) is 0 Å². The largest absolute Gasteiger partial charge is 0.481 e. The van der Waals surface area contributed by atoms with Crippen molar-refractivity contribution in [1.29, 1.82) is 0 Å². The van der Waals surface area contributed by atoms with Crippen molar-refractivity contribution in [3.63, 3.8) is 0 Å². The molecule has 2 N–H and O–H groups in total. The maximum atomic E-state index is 13.6. The Hall–Kier alpha value is -1.91. The minimum Gasteiger partial charge on any atom is -0.481 e. The van der Waals surface area contributed by atoms with Gasteiger partial charge in [-0.25, -0.2) is 4.39 Å². The SMILES string of the molecule is CC(C)C(=O)NC(CC(=O)O)c1ccccc1F. The van der Waals surface area contributed by atoms with E-state index in [0.717, 1.165) is 0 Å². The zero-order chi connectivity index (χ0) is 13.7. The van der Waals surface area contributed by atoms with Crippen molar-refractivity contribution in [3.8, 4) is 0 Å². The molecule has 0 aromatic heterocycles. The molecule has 0 bridgehead atoms. The first-order valence-electron chi connectivity index (χ1n) is 5.68. The van der Waals surface area contributed by atoms with Crippen LogP contribution in [0.15, 0.2) is 24.3 Å². The maximum Gasteiger partial charge on any atom is 0.305 e. The molecule has 0 spiro atoms. The molecular formula is C13H16FNO3. The van der Waals surface area contributed by atoms with E-state index in [1.807, 2.05) is 0 Å². The van der Waals surface area contributed by atoms with Crippen LogP contribution < -0.4 is 5.32 Å². The van der Waals surface area contributed by atoms with Gasteiger partial charge in [-0.05, 0) is 6.07 Å². The van der Waals surface area contributed by atoms with Gasteiger partial charge in [0.1, 0.15) is 5.82 Å². The molecule has 5 heteroatoms. The summed E-state index contributed by atoms with van der Waals surface area (Å²) in [4.78, 5) is 22.4. The fraction of sp³-hybridized carbons (Fsp3) is 0.385. The molecular weight excluding hydrogens is 237 g/mol. The van der Waals surface area contributed by atoms with Gasteiger partial charge in [-0.15, -0.1) is 0 Å². The van der Waals surface area contributed by atoms with Crippen LogP contribution in [0.2, 0.25) is 0 Å². The van der Waals surface area contributed by atoms with Gasteiger partial charge in [-0.1, -0.05) is 32.0 Å². The zero-order valence-electron chi connectivity index (χ0n) is 10.3. The summed E-state index contributed by atoms with van der Waals surface area (Å²) in [6, 6.07) is 4.99. The predicted octanol–water partition coefficient (Wildman–Crippen LogP) is 2.11. The highest BCUT2D eigenvalue weighted by atomic mass is 19.1. The number of carbonyl (C=O) groups excluding carboxylic acids is 1. The number of benzene rings is 1. The number of carbonyl (C=O) groups is 2. The fourth-order valence-corrected chi connectivity index (χ4v) is 1.51. The number of hydrogen-bond acceptors (Lipinski definition) is 2. The van der Waals surface area contributed by atoms with E-state index >= 15 is 0 Å². The lowest BCUT2D eigenvalue weighted by molar-refractivity contribution is -0.137. The third kappa shape index (κ3) is 3.84. The summed E-state index contributed by atoms with van der Waals surface area (Å²) in [5.41, 5.74) is 0.189. The number of halogens is 1. The topological polar surface area (TPSA) is 66.4 Å². The number of nitrogens with one attached hydrogen (secondary N) is 1. The quantitative estimate of drug-likeness (QED) is 0.844. The highest BCUT2D eigenvalue weighted by molar-refractivity contribution is 5.79. The number of carboxylic acid groups (broad SMARTS) is 1. The van der Waals surface area contributed by atoms with Crippen molar-refractivity contribution in [3.05, 3.63) is 35.6 Å².